The minimum absolute atomic E-state index is 0.642. The van der Waals surface area contributed by atoms with E-state index in [1.165, 1.54) is 51.5 Å². The van der Waals surface area contributed by atoms with Gasteiger partial charge in [-0.15, -0.1) is 0 Å². The van der Waals surface area contributed by atoms with Gasteiger partial charge in [0.25, 0.3) is 0 Å². The lowest BCUT2D eigenvalue weighted by Gasteiger charge is -2.25. The van der Waals surface area contributed by atoms with Gasteiger partial charge in [0.2, 0.25) is 0 Å². The Morgan fingerprint density at radius 2 is 1.44 bits per heavy atom. The number of unbranched alkanes of at least 4 members (excludes halogenated alkanes) is 6. The van der Waals surface area contributed by atoms with Crippen molar-refractivity contribution >= 4 is 0 Å². The second-order valence-electron chi connectivity index (χ2n) is 5.04. The second-order valence-corrected chi connectivity index (χ2v) is 5.04. The van der Waals surface area contributed by atoms with Crippen molar-refractivity contribution < 1.29 is 0 Å². The first-order chi connectivity index (χ1) is 7.72. The zero-order valence-corrected chi connectivity index (χ0v) is 11.7. The van der Waals surface area contributed by atoms with Crippen LogP contribution in [0.3, 0.4) is 0 Å². The quantitative estimate of drug-likeness (QED) is 0.549. The summed E-state index contributed by atoms with van der Waals surface area (Å²) in [5, 5.41) is 0. The predicted molar refractivity (Wildman–Crippen MR) is 73.8 cm³/mol. The molecule has 0 bridgehead atoms. The molecule has 0 aromatic rings. The maximum absolute atomic E-state index is 5.61. The van der Waals surface area contributed by atoms with Crippen LogP contribution < -0.4 is 5.73 Å². The van der Waals surface area contributed by atoms with Crippen molar-refractivity contribution in [2.45, 2.75) is 71.8 Å². The minimum atomic E-state index is 0.642. The molecule has 0 radical (unpaired) electrons. The zero-order valence-electron chi connectivity index (χ0n) is 11.7. The molecule has 0 saturated carbocycles. The molecule has 2 N–H and O–H groups in total. The van der Waals surface area contributed by atoms with Crippen LogP contribution in [-0.4, -0.2) is 30.6 Å². The summed E-state index contributed by atoms with van der Waals surface area (Å²) in [6.45, 7) is 9.85. The van der Waals surface area contributed by atoms with Crippen LogP contribution in [0.1, 0.15) is 65.7 Å². The summed E-state index contributed by atoms with van der Waals surface area (Å²) < 4.78 is 0. The normalized spacial score (nSPS) is 11.6. The predicted octanol–water partition coefficient (Wildman–Crippen LogP) is 3.41. The average molecular weight is 228 g/mol. The highest BCUT2D eigenvalue weighted by atomic mass is 15.1. The van der Waals surface area contributed by atoms with E-state index in [1.54, 1.807) is 0 Å². The van der Waals surface area contributed by atoms with Crippen LogP contribution in [0.5, 0.6) is 0 Å². The van der Waals surface area contributed by atoms with E-state index in [9.17, 15) is 0 Å². The lowest BCUT2D eigenvalue weighted by Crippen LogP contribution is -2.36. The number of nitrogens with two attached hydrogens (primary N) is 1. The summed E-state index contributed by atoms with van der Waals surface area (Å²) in [5.74, 6) is 0. The SMILES string of the molecule is CCCCCCCCCN(CCN)C(C)C. The van der Waals surface area contributed by atoms with Gasteiger partial charge in [-0.1, -0.05) is 45.4 Å². The number of hydrogen-bond acceptors (Lipinski definition) is 2. The first kappa shape index (κ1) is 15.9. The Morgan fingerprint density at radius 1 is 0.875 bits per heavy atom. The van der Waals surface area contributed by atoms with E-state index < -0.39 is 0 Å². The first-order valence-electron chi connectivity index (χ1n) is 7.16. The standard InChI is InChI=1S/C14H32N2/c1-4-5-6-7-8-9-10-12-16(13-11-15)14(2)3/h14H,4-13,15H2,1-3H3. The maximum Gasteiger partial charge on any atom is 0.0107 e. The highest BCUT2D eigenvalue weighted by Crippen LogP contribution is 2.08. The molecular weight excluding hydrogens is 196 g/mol. The minimum Gasteiger partial charge on any atom is -0.329 e. The molecule has 0 heterocycles. The molecule has 0 unspecified atom stereocenters. The highest BCUT2D eigenvalue weighted by molar-refractivity contribution is 4.63. The zero-order chi connectivity index (χ0) is 12.2. The van der Waals surface area contributed by atoms with Crippen LogP contribution in [0, 0.1) is 0 Å². The fourth-order valence-corrected chi connectivity index (χ4v) is 2.07. The Hall–Kier alpha value is -0.0800. The first-order valence-corrected chi connectivity index (χ1v) is 7.16. The van der Waals surface area contributed by atoms with Crippen molar-refractivity contribution in [1.82, 2.24) is 4.90 Å². The smallest absolute Gasteiger partial charge is 0.0107 e. The van der Waals surface area contributed by atoms with Crippen LogP contribution in [0.2, 0.25) is 0 Å². The van der Waals surface area contributed by atoms with Crippen LogP contribution in [0.15, 0.2) is 0 Å². The second kappa shape index (κ2) is 11.4. The van der Waals surface area contributed by atoms with Crippen molar-refractivity contribution in [1.29, 1.82) is 0 Å². The van der Waals surface area contributed by atoms with E-state index in [4.69, 9.17) is 5.73 Å². The molecule has 0 fully saturated rings. The van der Waals surface area contributed by atoms with E-state index in [-0.39, 0.29) is 0 Å². The molecule has 16 heavy (non-hydrogen) atoms. The van der Waals surface area contributed by atoms with Crippen LogP contribution >= 0.6 is 0 Å². The fraction of sp³-hybridized carbons (Fsp3) is 1.00. The van der Waals surface area contributed by atoms with E-state index in [0.717, 1.165) is 13.1 Å². The Labute approximate surface area is 103 Å². The van der Waals surface area contributed by atoms with Crippen molar-refractivity contribution in [2.24, 2.45) is 5.73 Å². The molecule has 0 saturated heterocycles. The lowest BCUT2D eigenvalue weighted by molar-refractivity contribution is 0.222. The maximum atomic E-state index is 5.61. The molecule has 2 heteroatoms. The van der Waals surface area contributed by atoms with E-state index >= 15 is 0 Å². The summed E-state index contributed by atoms with van der Waals surface area (Å²) in [6.07, 6.45) is 9.74. The molecule has 98 valence electrons. The van der Waals surface area contributed by atoms with Crippen molar-refractivity contribution in [2.75, 3.05) is 19.6 Å². The fourth-order valence-electron chi connectivity index (χ4n) is 2.07. The molecule has 0 aliphatic heterocycles. The molecule has 0 aliphatic rings. The molecule has 0 aliphatic carbocycles. The van der Waals surface area contributed by atoms with Crippen LogP contribution in [0.25, 0.3) is 0 Å². The van der Waals surface area contributed by atoms with Crippen molar-refractivity contribution in [3.05, 3.63) is 0 Å². The molecule has 0 aromatic heterocycles. The monoisotopic (exact) mass is 228 g/mol. The molecule has 0 rings (SSSR count). The Kier molecular flexibility index (Phi) is 11.3. The Balaban J connectivity index is 3.33. The van der Waals surface area contributed by atoms with Crippen molar-refractivity contribution in [3.63, 3.8) is 0 Å². The van der Waals surface area contributed by atoms with Gasteiger partial charge in [-0.2, -0.15) is 0 Å². The number of rotatable bonds is 11. The van der Waals surface area contributed by atoms with Crippen molar-refractivity contribution in [3.8, 4) is 0 Å². The highest BCUT2D eigenvalue weighted by Gasteiger charge is 2.06. The van der Waals surface area contributed by atoms with Crippen LogP contribution in [0.4, 0.5) is 0 Å². The van der Waals surface area contributed by atoms with Gasteiger partial charge in [-0.3, -0.25) is 4.90 Å². The Bertz CT molecular complexity index is 135. The Morgan fingerprint density at radius 3 is 1.94 bits per heavy atom. The van der Waals surface area contributed by atoms with Gasteiger partial charge >= 0.3 is 0 Å². The van der Waals surface area contributed by atoms with Gasteiger partial charge in [0.1, 0.15) is 0 Å². The van der Waals surface area contributed by atoms with E-state index in [2.05, 4.69) is 25.7 Å². The van der Waals surface area contributed by atoms with Gasteiger partial charge in [-0.05, 0) is 26.8 Å². The van der Waals surface area contributed by atoms with Crippen LogP contribution in [-0.2, 0) is 0 Å². The van der Waals surface area contributed by atoms with E-state index in [1.807, 2.05) is 0 Å². The molecule has 2 nitrogen and oxygen atoms in total. The lowest BCUT2D eigenvalue weighted by atomic mass is 10.1. The van der Waals surface area contributed by atoms with Gasteiger partial charge in [0.15, 0.2) is 0 Å². The summed E-state index contributed by atoms with van der Waals surface area (Å²) >= 11 is 0. The molecule has 0 aromatic carbocycles. The van der Waals surface area contributed by atoms with E-state index in [0.29, 0.717) is 6.04 Å². The third-order valence-corrected chi connectivity index (χ3v) is 3.20. The largest absolute Gasteiger partial charge is 0.329 e. The van der Waals surface area contributed by atoms with Gasteiger partial charge in [0.05, 0.1) is 0 Å². The molecule has 0 atom stereocenters. The topological polar surface area (TPSA) is 29.3 Å². The molecule has 0 spiro atoms. The number of nitrogens with zero attached hydrogens (tertiary/aromatic N) is 1. The molecule has 0 amide bonds. The third kappa shape index (κ3) is 9.17. The summed E-state index contributed by atoms with van der Waals surface area (Å²) in [7, 11) is 0. The summed E-state index contributed by atoms with van der Waals surface area (Å²) in [6, 6.07) is 0.642. The van der Waals surface area contributed by atoms with Gasteiger partial charge in [0, 0.05) is 19.1 Å². The summed E-state index contributed by atoms with van der Waals surface area (Å²) in [5.41, 5.74) is 5.61. The average Bonchev–Trinajstić information content (AvgIpc) is 2.26. The summed E-state index contributed by atoms with van der Waals surface area (Å²) in [4.78, 5) is 2.49. The van der Waals surface area contributed by atoms with Gasteiger partial charge in [-0.25, -0.2) is 0 Å². The third-order valence-electron chi connectivity index (χ3n) is 3.20. The van der Waals surface area contributed by atoms with Gasteiger partial charge < -0.3 is 5.73 Å². The molecular formula is C14H32N2. The number of hydrogen-bond donors (Lipinski definition) is 1.